The van der Waals surface area contributed by atoms with Gasteiger partial charge in [-0.05, 0) is 25.5 Å². The van der Waals surface area contributed by atoms with Gasteiger partial charge >= 0.3 is 0 Å². The van der Waals surface area contributed by atoms with E-state index in [0.717, 1.165) is 17.2 Å². The minimum absolute atomic E-state index is 0.580. The van der Waals surface area contributed by atoms with Gasteiger partial charge in [0.05, 0.1) is 5.69 Å². The number of thiazole rings is 1. The molecule has 1 aromatic heterocycles. The average Bonchev–Trinajstić information content (AvgIpc) is 2.72. The topological polar surface area (TPSA) is 24.9 Å². The van der Waals surface area contributed by atoms with Crippen molar-refractivity contribution in [2.45, 2.75) is 33.2 Å². The van der Waals surface area contributed by atoms with E-state index in [1.165, 1.54) is 16.0 Å². The SMILES string of the molecule is CNCc1sc(-c2ccc(C(C)C)cc2)nc1C. The van der Waals surface area contributed by atoms with Gasteiger partial charge in [0.15, 0.2) is 0 Å². The predicted molar refractivity (Wildman–Crippen MR) is 79.1 cm³/mol. The molecule has 2 nitrogen and oxygen atoms in total. The molecule has 0 unspecified atom stereocenters. The highest BCUT2D eigenvalue weighted by Gasteiger charge is 2.09. The summed E-state index contributed by atoms with van der Waals surface area (Å²) >= 11 is 1.78. The standard InChI is InChI=1S/C15H20N2S/c1-10(2)12-5-7-13(8-6-12)15-17-11(3)14(18-15)9-16-4/h5-8,10,16H,9H2,1-4H3. The monoisotopic (exact) mass is 260 g/mol. The summed E-state index contributed by atoms with van der Waals surface area (Å²) in [6, 6.07) is 8.76. The van der Waals surface area contributed by atoms with Crippen LogP contribution in [0, 0.1) is 6.92 Å². The molecule has 0 radical (unpaired) electrons. The van der Waals surface area contributed by atoms with E-state index < -0.39 is 0 Å². The van der Waals surface area contributed by atoms with Gasteiger partial charge in [-0.25, -0.2) is 4.98 Å². The van der Waals surface area contributed by atoms with Crippen molar-refractivity contribution in [3.05, 3.63) is 40.4 Å². The molecule has 0 saturated carbocycles. The Morgan fingerprint density at radius 2 is 1.89 bits per heavy atom. The highest BCUT2D eigenvalue weighted by molar-refractivity contribution is 7.15. The minimum Gasteiger partial charge on any atom is -0.315 e. The normalized spacial score (nSPS) is 11.2. The molecule has 0 fully saturated rings. The first-order valence-corrected chi connectivity index (χ1v) is 7.14. The Labute approximate surface area is 113 Å². The Bertz CT molecular complexity index is 512. The van der Waals surface area contributed by atoms with Crippen LogP contribution in [0.4, 0.5) is 0 Å². The van der Waals surface area contributed by atoms with E-state index in [1.54, 1.807) is 11.3 Å². The molecule has 3 heteroatoms. The summed E-state index contributed by atoms with van der Waals surface area (Å²) in [6.07, 6.45) is 0. The Balaban J connectivity index is 2.28. The van der Waals surface area contributed by atoms with Crippen LogP contribution in [0.15, 0.2) is 24.3 Å². The molecule has 0 aliphatic rings. The lowest BCUT2D eigenvalue weighted by Gasteiger charge is -2.05. The molecular formula is C15H20N2S. The van der Waals surface area contributed by atoms with Crippen LogP contribution in [0.3, 0.4) is 0 Å². The molecular weight excluding hydrogens is 240 g/mol. The summed E-state index contributed by atoms with van der Waals surface area (Å²) < 4.78 is 0. The summed E-state index contributed by atoms with van der Waals surface area (Å²) in [7, 11) is 1.97. The number of hydrogen-bond donors (Lipinski definition) is 1. The van der Waals surface area contributed by atoms with E-state index in [0.29, 0.717) is 5.92 Å². The van der Waals surface area contributed by atoms with Crippen LogP contribution in [0.25, 0.3) is 10.6 Å². The molecule has 18 heavy (non-hydrogen) atoms. The van der Waals surface area contributed by atoms with Crippen molar-refractivity contribution >= 4 is 11.3 Å². The molecule has 2 rings (SSSR count). The van der Waals surface area contributed by atoms with E-state index in [1.807, 2.05) is 7.05 Å². The van der Waals surface area contributed by atoms with Crippen LogP contribution >= 0.6 is 11.3 Å². The summed E-state index contributed by atoms with van der Waals surface area (Å²) in [4.78, 5) is 5.97. The van der Waals surface area contributed by atoms with Gasteiger partial charge in [-0.2, -0.15) is 0 Å². The van der Waals surface area contributed by atoms with Gasteiger partial charge in [-0.15, -0.1) is 11.3 Å². The number of aromatic nitrogens is 1. The minimum atomic E-state index is 0.580. The Hall–Kier alpha value is -1.19. The molecule has 0 saturated heterocycles. The van der Waals surface area contributed by atoms with Crippen molar-refractivity contribution in [1.82, 2.24) is 10.3 Å². The number of rotatable bonds is 4. The molecule has 1 N–H and O–H groups in total. The van der Waals surface area contributed by atoms with Crippen molar-refractivity contribution in [1.29, 1.82) is 0 Å². The summed E-state index contributed by atoms with van der Waals surface area (Å²) in [5.41, 5.74) is 3.73. The molecule has 1 aromatic carbocycles. The number of nitrogens with zero attached hydrogens (tertiary/aromatic N) is 1. The highest BCUT2D eigenvalue weighted by Crippen LogP contribution is 2.28. The Morgan fingerprint density at radius 1 is 1.22 bits per heavy atom. The second kappa shape index (κ2) is 5.63. The third-order valence-corrected chi connectivity index (χ3v) is 4.26. The fourth-order valence-electron chi connectivity index (χ4n) is 1.89. The first kappa shape index (κ1) is 13.2. The van der Waals surface area contributed by atoms with Gasteiger partial charge in [0.1, 0.15) is 5.01 Å². The van der Waals surface area contributed by atoms with Gasteiger partial charge in [0.2, 0.25) is 0 Å². The predicted octanol–water partition coefficient (Wildman–Crippen LogP) is 3.96. The van der Waals surface area contributed by atoms with Gasteiger partial charge in [-0.3, -0.25) is 0 Å². The molecule has 0 spiro atoms. The zero-order valence-corrected chi connectivity index (χ0v) is 12.3. The van der Waals surface area contributed by atoms with Crippen molar-refractivity contribution in [2.75, 3.05) is 7.05 Å². The largest absolute Gasteiger partial charge is 0.315 e. The van der Waals surface area contributed by atoms with Crippen LogP contribution < -0.4 is 5.32 Å². The lowest BCUT2D eigenvalue weighted by molar-refractivity contribution is 0.823. The van der Waals surface area contributed by atoms with Gasteiger partial charge in [-0.1, -0.05) is 38.1 Å². The maximum atomic E-state index is 4.65. The molecule has 1 heterocycles. The summed E-state index contributed by atoms with van der Waals surface area (Å²) in [6.45, 7) is 7.41. The molecule has 0 aliphatic carbocycles. The second-order valence-electron chi connectivity index (χ2n) is 4.83. The quantitative estimate of drug-likeness (QED) is 0.900. The van der Waals surface area contributed by atoms with Crippen molar-refractivity contribution in [3.8, 4) is 10.6 Å². The lowest BCUT2D eigenvalue weighted by Crippen LogP contribution is -2.04. The molecule has 0 amide bonds. The highest BCUT2D eigenvalue weighted by atomic mass is 32.1. The lowest BCUT2D eigenvalue weighted by atomic mass is 10.0. The van der Waals surface area contributed by atoms with Crippen LogP contribution in [0.2, 0.25) is 0 Å². The van der Waals surface area contributed by atoms with Gasteiger partial charge < -0.3 is 5.32 Å². The smallest absolute Gasteiger partial charge is 0.123 e. The maximum absolute atomic E-state index is 4.65. The molecule has 2 aromatic rings. The maximum Gasteiger partial charge on any atom is 0.123 e. The van der Waals surface area contributed by atoms with Gasteiger partial charge in [0, 0.05) is 17.0 Å². The van der Waals surface area contributed by atoms with Crippen LogP contribution in [-0.2, 0) is 6.54 Å². The number of nitrogens with one attached hydrogen (secondary N) is 1. The first-order valence-electron chi connectivity index (χ1n) is 6.33. The van der Waals surface area contributed by atoms with Crippen LogP contribution in [-0.4, -0.2) is 12.0 Å². The number of benzene rings is 1. The Kier molecular flexibility index (Phi) is 4.15. The summed E-state index contributed by atoms with van der Waals surface area (Å²) in [5, 5.41) is 4.30. The van der Waals surface area contributed by atoms with E-state index in [4.69, 9.17) is 0 Å². The molecule has 0 aliphatic heterocycles. The molecule has 96 valence electrons. The zero-order valence-electron chi connectivity index (χ0n) is 11.4. The zero-order chi connectivity index (χ0) is 13.1. The average molecular weight is 260 g/mol. The fourth-order valence-corrected chi connectivity index (χ4v) is 2.97. The van der Waals surface area contributed by atoms with E-state index in [2.05, 4.69) is 55.3 Å². The number of hydrogen-bond acceptors (Lipinski definition) is 3. The summed E-state index contributed by atoms with van der Waals surface area (Å²) in [5.74, 6) is 0.580. The third-order valence-electron chi connectivity index (χ3n) is 3.05. The molecule has 0 bridgehead atoms. The van der Waals surface area contributed by atoms with Gasteiger partial charge in [0.25, 0.3) is 0 Å². The van der Waals surface area contributed by atoms with Crippen molar-refractivity contribution in [3.63, 3.8) is 0 Å². The van der Waals surface area contributed by atoms with Crippen molar-refractivity contribution < 1.29 is 0 Å². The van der Waals surface area contributed by atoms with Crippen LogP contribution in [0.1, 0.15) is 35.9 Å². The fraction of sp³-hybridized carbons (Fsp3) is 0.400. The Morgan fingerprint density at radius 3 is 2.44 bits per heavy atom. The van der Waals surface area contributed by atoms with E-state index >= 15 is 0 Å². The second-order valence-corrected chi connectivity index (χ2v) is 5.92. The van der Waals surface area contributed by atoms with Crippen molar-refractivity contribution in [2.24, 2.45) is 0 Å². The number of aryl methyl sites for hydroxylation is 1. The molecule has 0 atom stereocenters. The third kappa shape index (κ3) is 2.79. The first-order chi connectivity index (χ1) is 8.61. The van der Waals surface area contributed by atoms with E-state index in [9.17, 15) is 0 Å². The van der Waals surface area contributed by atoms with Crippen LogP contribution in [0.5, 0.6) is 0 Å². The van der Waals surface area contributed by atoms with E-state index in [-0.39, 0.29) is 0 Å².